The van der Waals surface area contributed by atoms with Gasteiger partial charge in [0.2, 0.25) is 5.91 Å². The third-order valence-electron chi connectivity index (χ3n) is 4.19. The third kappa shape index (κ3) is 3.99. The number of fused-ring (bicyclic) bond motifs is 1. The Balaban J connectivity index is 1.82. The van der Waals surface area contributed by atoms with Crippen molar-refractivity contribution in [3.63, 3.8) is 0 Å². The topological polar surface area (TPSA) is 71.3 Å². The van der Waals surface area contributed by atoms with Gasteiger partial charge in [0.05, 0.1) is 6.20 Å². The first-order valence-corrected chi connectivity index (χ1v) is 8.69. The van der Waals surface area contributed by atoms with E-state index >= 15 is 0 Å². The number of benzene rings is 1. The molecule has 3 rings (SSSR count). The first-order chi connectivity index (χ1) is 12.6. The van der Waals surface area contributed by atoms with Crippen molar-refractivity contribution >= 4 is 17.4 Å². The summed E-state index contributed by atoms with van der Waals surface area (Å²) in [6.45, 7) is 4.45. The number of halogens is 1. The van der Waals surface area contributed by atoms with E-state index in [9.17, 15) is 9.18 Å². The second kappa shape index (κ2) is 7.95. The zero-order valence-electron chi connectivity index (χ0n) is 14.9. The molecule has 0 spiro atoms. The molecule has 1 atom stereocenters. The van der Waals surface area contributed by atoms with Crippen LogP contribution in [0, 0.1) is 5.82 Å². The van der Waals surface area contributed by atoms with Crippen molar-refractivity contribution in [1.82, 2.24) is 19.7 Å². The van der Waals surface area contributed by atoms with Crippen LogP contribution in [0.3, 0.4) is 0 Å². The smallest absolute Gasteiger partial charge is 0.221 e. The predicted octanol–water partition coefficient (Wildman–Crippen LogP) is 3.25. The van der Waals surface area contributed by atoms with Gasteiger partial charge in [0.15, 0.2) is 5.65 Å². The summed E-state index contributed by atoms with van der Waals surface area (Å²) >= 11 is 0. The van der Waals surface area contributed by atoms with Gasteiger partial charge in [0, 0.05) is 37.0 Å². The summed E-state index contributed by atoms with van der Waals surface area (Å²) in [5.74, 6) is 0.385. The van der Waals surface area contributed by atoms with Crippen molar-refractivity contribution in [1.29, 1.82) is 0 Å². The molecule has 0 radical (unpaired) electrons. The average Bonchev–Trinajstić information content (AvgIpc) is 3.00. The molecule has 2 N–H and O–H groups in total. The van der Waals surface area contributed by atoms with Gasteiger partial charge in [-0.15, -0.1) is 0 Å². The normalized spacial score (nSPS) is 12.1. The second-order valence-electron chi connectivity index (χ2n) is 6.18. The van der Waals surface area contributed by atoms with E-state index in [4.69, 9.17) is 0 Å². The monoisotopic (exact) mass is 355 g/mol. The maximum Gasteiger partial charge on any atom is 0.221 e. The summed E-state index contributed by atoms with van der Waals surface area (Å²) in [5, 5.41) is 6.21. The molecule has 0 saturated carbocycles. The highest BCUT2D eigenvalue weighted by Crippen LogP contribution is 2.28. The molecule has 0 aliphatic heterocycles. The maximum absolute atomic E-state index is 13.6. The first kappa shape index (κ1) is 17.8. The van der Waals surface area contributed by atoms with Gasteiger partial charge in [-0.05, 0) is 25.5 Å². The van der Waals surface area contributed by atoms with E-state index in [-0.39, 0.29) is 17.8 Å². The Morgan fingerprint density at radius 2 is 2.23 bits per heavy atom. The van der Waals surface area contributed by atoms with Crippen LogP contribution in [0.1, 0.15) is 26.7 Å². The molecular weight excluding hydrogens is 333 g/mol. The summed E-state index contributed by atoms with van der Waals surface area (Å²) in [6.07, 6.45) is 6.32. The highest BCUT2D eigenvalue weighted by atomic mass is 19.1. The summed E-state index contributed by atoms with van der Waals surface area (Å²) < 4.78 is 15.5. The molecule has 2 heterocycles. The van der Waals surface area contributed by atoms with E-state index in [2.05, 4.69) is 20.6 Å². The molecular formula is C19H22FN5O. The minimum absolute atomic E-state index is 0.00496. The Morgan fingerprint density at radius 1 is 1.38 bits per heavy atom. The van der Waals surface area contributed by atoms with Crippen molar-refractivity contribution in [2.24, 2.45) is 0 Å². The van der Waals surface area contributed by atoms with E-state index in [0.29, 0.717) is 35.7 Å². The van der Waals surface area contributed by atoms with Gasteiger partial charge >= 0.3 is 0 Å². The number of carbonyl (C=O) groups excluding carboxylic acids is 1. The highest BCUT2D eigenvalue weighted by molar-refractivity contribution is 5.78. The lowest BCUT2D eigenvalue weighted by Crippen LogP contribution is -2.33. The van der Waals surface area contributed by atoms with Crippen LogP contribution >= 0.6 is 0 Å². The number of carbonyl (C=O) groups is 1. The molecule has 2 aromatic heterocycles. The van der Waals surface area contributed by atoms with Crippen LogP contribution < -0.4 is 10.6 Å². The van der Waals surface area contributed by atoms with Crippen LogP contribution in [0.25, 0.3) is 16.9 Å². The number of imidazole rings is 1. The largest absolute Gasteiger partial charge is 0.369 e. The summed E-state index contributed by atoms with van der Waals surface area (Å²) in [7, 11) is 0. The molecule has 26 heavy (non-hydrogen) atoms. The molecule has 0 aliphatic rings. The SMILES string of the molecule is CCC(C)NC(=O)CCNc1c(-c2cccc(F)c2)nc2cnccn12. The molecule has 0 aliphatic carbocycles. The van der Waals surface area contributed by atoms with Crippen molar-refractivity contribution in [2.75, 3.05) is 11.9 Å². The lowest BCUT2D eigenvalue weighted by atomic mass is 10.1. The van der Waals surface area contributed by atoms with Gasteiger partial charge in [0.25, 0.3) is 0 Å². The minimum atomic E-state index is -0.323. The third-order valence-corrected chi connectivity index (χ3v) is 4.19. The van der Waals surface area contributed by atoms with E-state index in [0.717, 1.165) is 6.42 Å². The fourth-order valence-corrected chi connectivity index (χ4v) is 2.66. The fraction of sp³-hybridized carbons (Fsp3) is 0.316. The van der Waals surface area contributed by atoms with Crippen LogP contribution in [0.2, 0.25) is 0 Å². The zero-order valence-corrected chi connectivity index (χ0v) is 14.9. The number of nitrogens with zero attached hydrogens (tertiary/aromatic N) is 3. The number of anilines is 1. The molecule has 1 aromatic carbocycles. The maximum atomic E-state index is 13.6. The highest BCUT2D eigenvalue weighted by Gasteiger charge is 2.15. The number of nitrogens with one attached hydrogen (secondary N) is 2. The molecule has 6 nitrogen and oxygen atoms in total. The number of hydrogen-bond acceptors (Lipinski definition) is 4. The molecule has 136 valence electrons. The number of hydrogen-bond donors (Lipinski definition) is 2. The number of aromatic nitrogens is 3. The van der Waals surface area contributed by atoms with Crippen LogP contribution in [0.5, 0.6) is 0 Å². The van der Waals surface area contributed by atoms with Crippen LogP contribution in [0.15, 0.2) is 42.9 Å². The molecule has 0 bridgehead atoms. The van der Waals surface area contributed by atoms with Gasteiger partial charge < -0.3 is 10.6 Å². The number of amides is 1. The Bertz CT molecular complexity index is 908. The zero-order chi connectivity index (χ0) is 18.5. The molecule has 3 aromatic rings. The molecule has 7 heteroatoms. The van der Waals surface area contributed by atoms with E-state index in [1.165, 1.54) is 12.1 Å². The standard InChI is InChI=1S/C19H22FN5O/c1-3-13(2)23-17(26)7-8-22-19-18(14-5-4-6-15(20)11-14)24-16-12-21-9-10-25(16)19/h4-6,9-13,22H,3,7-8H2,1-2H3,(H,23,26). The fourth-order valence-electron chi connectivity index (χ4n) is 2.66. The second-order valence-corrected chi connectivity index (χ2v) is 6.18. The lowest BCUT2D eigenvalue weighted by Gasteiger charge is -2.12. The van der Waals surface area contributed by atoms with Gasteiger partial charge in [0.1, 0.15) is 17.3 Å². The van der Waals surface area contributed by atoms with Crippen LogP contribution in [-0.2, 0) is 4.79 Å². The lowest BCUT2D eigenvalue weighted by molar-refractivity contribution is -0.121. The molecule has 0 saturated heterocycles. The Hall–Kier alpha value is -2.96. The van der Waals surface area contributed by atoms with Gasteiger partial charge in [-0.2, -0.15) is 0 Å². The Kier molecular flexibility index (Phi) is 5.46. The molecule has 0 fully saturated rings. The van der Waals surface area contributed by atoms with E-state index in [1.807, 2.05) is 18.2 Å². The first-order valence-electron chi connectivity index (χ1n) is 8.69. The minimum Gasteiger partial charge on any atom is -0.369 e. The van der Waals surface area contributed by atoms with Crippen molar-refractivity contribution < 1.29 is 9.18 Å². The summed E-state index contributed by atoms with van der Waals surface area (Å²) in [5.41, 5.74) is 1.94. The average molecular weight is 355 g/mol. The van der Waals surface area contributed by atoms with Gasteiger partial charge in [-0.1, -0.05) is 19.1 Å². The Morgan fingerprint density at radius 3 is 3.00 bits per heavy atom. The van der Waals surface area contributed by atoms with Crippen molar-refractivity contribution in [3.8, 4) is 11.3 Å². The molecule has 1 amide bonds. The van der Waals surface area contributed by atoms with Gasteiger partial charge in [-0.3, -0.25) is 14.2 Å². The Labute approximate surface area is 151 Å². The van der Waals surface area contributed by atoms with Crippen LogP contribution in [0.4, 0.5) is 10.2 Å². The number of rotatable bonds is 7. The van der Waals surface area contributed by atoms with E-state index in [1.54, 1.807) is 30.7 Å². The van der Waals surface area contributed by atoms with Gasteiger partial charge in [-0.25, -0.2) is 9.37 Å². The van der Waals surface area contributed by atoms with Crippen LogP contribution in [-0.4, -0.2) is 32.9 Å². The van der Waals surface area contributed by atoms with E-state index < -0.39 is 0 Å². The predicted molar refractivity (Wildman–Crippen MR) is 99.4 cm³/mol. The van der Waals surface area contributed by atoms with Crippen molar-refractivity contribution in [3.05, 3.63) is 48.7 Å². The quantitative estimate of drug-likeness (QED) is 0.682. The summed E-state index contributed by atoms with van der Waals surface area (Å²) in [4.78, 5) is 20.6. The molecule has 1 unspecified atom stereocenters. The summed E-state index contributed by atoms with van der Waals surface area (Å²) in [6, 6.07) is 6.45. The van der Waals surface area contributed by atoms with Crippen molar-refractivity contribution in [2.45, 2.75) is 32.7 Å².